The third-order valence-electron chi connectivity index (χ3n) is 2.63. The molecule has 9 heavy (non-hydrogen) atoms. The van der Waals surface area contributed by atoms with Crippen LogP contribution in [0, 0.1) is 11.8 Å². The minimum Gasteiger partial charge on any atom is -0.100 e. The van der Waals surface area contributed by atoms with Gasteiger partial charge in [-0.15, -0.1) is 6.58 Å². The summed E-state index contributed by atoms with van der Waals surface area (Å²) in [6, 6.07) is 0. The maximum Gasteiger partial charge on any atom is 0.120 e. The van der Waals surface area contributed by atoms with Gasteiger partial charge in [0.25, 0.3) is 0 Å². The van der Waals surface area contributed by atoms with Crippen molar-refractivity contribution in [2.45, 2.75) is 18.5 Å². The highest BCUT2D eigenvalue weighted by atomic mass is 14.5. The Balaban J connectivity index is 2.06. The Kier molecular flexibility index (Phi) is 1.05. The van der Waals surface area contributed by atoms with Crippen LogP contribution in [0.3, 0.4) is 0 Å². The van der Waals surface area contributed by atoms with Crippen LogP contribution in [-0.2, 0) is 0 Å². The summed E-state index contributed by atoms with van der Waals surface area (Å²) in [5.41, 5.74) is 1.41. The molecule has 0 spiro atoms. The van der Waals surface area contributed by atoms with E-state index < -0.39 is 0 Å². The monoisotopic (exact) mass is 115 g/mol. The molecule has 2 aliphatic rings. The van der Waals surface area contributed by atoms with Crippen LogP contribution >= 0.6 is 0 Å². The first-order valence-corrected chi connectivity index (χ1v) is 3.55. The van der Waals surface area contributed by atoms with Crippen molar-refractivity contribution in [2.24, 2.45) is 11.8 Å². The molecular formula is C7H9B2. The summed E-state index contributed by atoms with van der Waals surface area (Å²) >= 11 is 0. The fourth-order valence-corrected chi connectivity index (χ4v) is 2.02. The van der Waals surface area contributed by atoms with Crippen molar-refractivity contribution in [3.63, 3.8) is 0 Å². The fraction of sp³-hybridized carbons (Fsp3) is 0.714. The van der Waals surface area contributed by atoms with Gasteiger partial charge in [-0.05, 0) is 11.8 Å². The van der Waals surface area contributed by atoms with E-state index in [1.54, 1.807) is 0 Å². The van der Waals surface area contributed by atoms with Gasteiger partial charge in [-0.25, -0.2) is 0 Å². The topological polar surface area (TPSA) is 0 Å². The zero-order valence-electron chi connectivity index (χ0n) is 5.51. The molecule has 0 nitrogen and oxygen atoms in total. The molecule has 43 valence electrons. The summed E-state index contributed by atoms with van der Waals surface area (Å²) in [6.07, 6.45) is 2.00. The summed E-state index contributed by atoms with van der Waals surface area (Å²) < 4.78 is 0. The Labute approximate surface area is 58.4 Å². The van der Waals surface area contributed by atoms with Crippen molar-refractivity contribution in [2.75, 3.05) is 0 Å². The van der Waals surface area contributed by atoms with E-state index in [0.29, 0.717) is 0 Å². The van der Waals surface area contributed by atoms with Gasteiger partial charge >= 0.3 is 0 Å². The summed E-state index contributed by atoms with van der Waals surface area (Å²) in [7, 11) is 7.89. The summed E-state index contributed by atoms with van der Waals surface area (Å²) in [4.78, 5) is 0. The minimum atomic E-state index is 0.770. The van der Waals surface area contributed by atoms with Crippen LogP contribution in [-0.4, -0.2) is 15.1 Å². The largest absolute Gasteiger partial charge is 0.120 e. The zero-order valence-corrected chi connectivity index (χ0v) is 5.51. The van der Waals surface area contributed by atoms with Crippen LogP contribution in [0.1, 0.15) is 0 Å². The first-order valence-electron chi connectivity index (χ1n) is 3.55. The fourth-order valence-electron chi connectivity index (χ4n) is 2.02. The first kappa shape index (κ1) is 5.64. The Morgan fingerprint density at radius 1 is 1.78 bits per heavy atom. The molecule has 0 N–H and O–H groups in total. The Hall–Kier alpha value is -0.130. The standard InChI is InChI=1S/C7H9B2/c1-4-3-9-7-5(2-8)6(4)7/h5-7H,1-3H2. The van der Waals surface area contributed by atoms with Crippen molar-refractivity contribution < 1.29 is 0 Å². The van der Waals surface area contributed by atoms with Gasteiger partial charge in [0.1, 0.15) is 7.28 Å². The third-order valence-corrected chi connectivity index (χ3v) is 2.63. The highest BCUT2D eigenvalue weighted by Crippen LogP contribution is 2.62. The summed E-state index contributed by atoms with van der Waals surface area (Å²) in [6.45, 7) is 3.99. The summed E-state index contributed by atoms with van der Waals surface area (Å²) in [5.74, 6) is 2.38. The molecule has 0 aromatic rings. The van der Waals surface area contributed by atoms with Crippen LogP contribution in [0.2, 0.25) is 18.5 Å². The lowest BCUT2D eigenvalue weighted by atomic mass is 9.69. The molecule has 2 fully saturated rings. The van der Waals surface area contributed by atoms with Crippen molar-refractivity contribution in [3.05, 3.63) is 12.2 Å². The molecule has 0 aromatic carbocycles. The number of fused-ring (bicyclic) bond motifs is 1. The Morgan fingerprint density at radius 3 is 2.89 bits per heavy atom. The van der Waals surface area contributed by atoms with Gasteiger partial charge in [-0.3, -0.25) is 0 Å². The maximum absolute atomic E-state index is 5.53. The van der Waals surface area contributed by atoms with E-state index >= 15 is 0 Å². The van der Waals surface area contributed by atoms with Crippen molar-refractivity contribution in [1.29, 1.82) is 0 Å². The molecule has 1 aliphatic heterocycles. The van der Waals surface area contributed by atoms with E-state index in [9.17, 15) is 0 Å². The average molecular weight is 115 g/mol. The van der Waals surface area contributed by atoms with Crippen molar-refractivity contribution in [3.8, 4) is 0 Å². The smallest absolute Gasteiger partial charge is 0.100 e. The molecule has 0 bridgehead atoms. The highest BCUT2D eigenvalue weighted by Gasteiger charge is 2.52. The number of hydrogen-bond acceptors (Lipinski definition) is 0. The third kappa shape index (κ3) is 0.623. The Morgan fingerprint density at radius 2 is 2.56 bits per heavy atom. The van der Waals surface area contributed by atoms with E-state index in [4.69, 9.17) is 7.85 Å². The second-order valence-corrected chi connectivity index (χ2v) is 3.10. The summed E-state index contributed by atoms with van der Waals surface area (Å²) in [5, 5.41) is 0. The molecule has 1 saturated carbocycles. The van der Waals surface area contributed by atoms with E-state index in [-0.39, 0.29) is 0 Å². The van der Waals surface area contributed by atoms with Crippen LogP contribution in [0.15, 0.2) is 12.2 Å². The van der Waals surface area contributed by atoms with E-state index in [1.807, 2.05) is 0 Å². The minimum absolute atomic E-state index is 0.770. The molecule has 2 rings (SSSR count). The van der Waals surface area contributed by atoms with Crippen LogP contribution in [0.25, 0.3) is 0 Å². The van der Waals surface area contributed by atoms with Crippen LogP contribution in [0.5, 0.6) is 0 Å². The van der Waals surface area contributed by atoms with Crippen molar-refractivity contribution >= 4 is 15.1 Å². The van der Waals surface area contributed by atoms with Gasteiger partial charge in [0.15, 0.2) is 0 Å². The number of allylic oxidation sites excluding steroid dienone is 1. The number of rotatable bonds is 1. The molecule has 3 unspecified atom stereocenters. The lowest BCUT2D eigenvalue weighted by Crippen LogP contribution is -1.91. The molecule has 3 atom stereocenters. The average Bonchev–Trinajstić information content (AvgIpc) is 2.46. The first-order chi connectivity index (χ1) is 4.34. The van der Waals surface area contributed by atoms with Gasteiger partial charge in [-0.2, -0.15) is 0 Å². The highest BCUT2D eigenvalue weighted by molar-refractivity contribution is 6.42. The maximum atomic E-state index is 5.53. The normalized spacial score (nSPS) is 46.2. The van der Waals surface area contributed by atoms with E-state index in [0.717, 1.165) is 30.3 Å². The molecule has 2 heteroatoms. The molecule has 3 radical (unpaired) electrons. The lowest BCUT2D eigenvalue weighted by molar-refractivity contribution is 0.852. The lowest BCUT2D eigenvalue weighted by Gasteiger charge is -1.98. The van der Waals surface area contributed by atoms with Crippen LogP contribution < -0.4 is 0 Å². The molecule has 1 aliphatic carbocycles. The SMILES string of the molecule is [B]CC1C2[B]CC(=C)C21. The van der Waals surface area contributed by atoms with Gasteiger partial charge in [-0.1, -0.05) is 24.0 Å². The second-order valence-electron chi connectivity index (χ2n) is 3.10. The molecule has 1 saturated heterocycles. The molecular weight excluding hydrogens is 106 g/mol. The predicted octanol–water partition coefficient (Wildman–Crippen LogP) is 1.30. The van der Waals surface area contributed by atoms with Gasteiger partial charge < -0.3 is 0 Å². The second kappa shape index (κ2) is 1.68. The van der Waals surface area contributed by atoms with E-state index in [1.165, 1.54) is 5.57 Å². The quantitative estimate of drug-likeness (QED) is 0.356. The van der Waals surface area contributed by atoms with E-state index in [2.05, 4.69) is 13.9 Å². The number of hydrogen-bond donors (Lipinski definition) is 0. The molecule has 0 amide bonds. The Bertz CT molecular complexity index is 149. The molecule has 1 heterocycles. The molecule has 0 aromatic heterocycles. The van der Waals surface area contributed by atoms with Gasteiger partial charge in [0, 0.05) is 0 Å². The van der Waals surface area contributed by atoms with Crippen LogP contribution in [0.4, 0.5) is 0 Å². The van der Waals surface area contributed by atoms with Crippen molar-refractivity contribution in [1.82, 2.24) is 0 Å². The zero-order chi connectivity index (χ0) is 6.43. The van der Waals surface area contributed by atoms with Gasteiger partial charge in [0.05, 0.1) is 7.85 Å². The van der Waals surface area contributed by atoms with Gasteiger partial charge in [0.2, 0.25) is 0 Å². The predicted molar refractivity (Wildman–Crippen MR) is 41.0 cm³/mol.